The molecule has 0 radical (unpaired) electrons. The van der Waals surface area contributed by atoms with Crippen LogP contribution >= 0.6 is 0 Å². The summed E-state index contributed by atoms with van der Waals surface area (Å²) in [6.45, 7) is 2.06. The highest BCUT2D eigenvalue weighted by Crippen LogP contribution is 2.09. The van der Waals surface area contributed by atoms with Crippen molar-refractivity contribution in [1.29, 1.82) is 0 Å². The van der Waals surface area contributed by atoms with E-state index in [1.54, 1.807) is 0 Å². The first-order valence-electron chi connectivity index (χ1n) is 4.95. The van der Waals surface area contributed by atoms with Gasteiger partial charge in [0.15, 0.2) is 0 Å². The Morgan fingerprint density at radius 2 is 1.94 bits per heavy atom. The Balaban J connectivity index is 0.000000366. The Bertz CT molecular complexity index is 344. The van der Waals surface area contributed by atoms with Gasteiger partial charge in [0.25, 0.3) is 0 Å². The fraction of sp³-hybridized carbons (Fsp3) is 0.400. The van der Waals surface area contributed by atoms with Crippen LogP contribution in [0.4, 0.5) is 0 Å². The molecular weight excluding hydrogens is 228 g/mol. The van der Waals surface area contributed by atoms with Gasteiger partial charge >= 0.3 is 11.9 Å². The van der Waals surface area contributed by atoms with Gasteiger partial charge in [-0.2, -0.15) is 0 Å². The van der Waals surface area contributed by atoms with Gasteiger partial charge in [-0.3, -0.25) is 0 Å². The summed E-state index contributed by atoms with van der Waals surface area (Å²) in [6.07, 6.45) is 2.93. The molecule has 0 aliphatic heterocycles. The molecule has 96 valence electrons. The van der Waals surface area contributed by atoms with Crippen molar-refractivity contribution in [2.24, 2.45) is 11.5 Å². The van der Waals surface area contributed by atoms with Crippen molar-refractivity contribution >= 4 is 11.9 Å². The molecule has 1 aromatic rings. The van der Waals surface area contributed by atoms with Crippen LogP contribution in [0.25, 0.3) is 0 Å². The van der Waals surface area contributed by atoms with Crippen LogP contribution in [0.3, 0.4) is 0 Å². The van der Waals surface area contributed by atoms with Gasteiger partial charge in [0, 0.05) is 0 Å². The lowest BCUT2D eigenvalue weighted by atomic mass is 10.2. The molecule has 0 aromatic carbocycles. The number of carbonyl (C=O) groups is 2. The quantitative estimate of drug-likeness (QED) is 0.571. The highest BCUT2D eigenvalue weighted by atomic mass is 16.4. The monoisotopic (exact) mass is 244 g/mol. The number of rotatable bonds is 4. The lowest BCUT2D eigenvalue weighted by Crippen LogP contribution is -2.29. The maximum atomic E-state index is 10.3. The second-order valence-corrected chi connectivity index (χ2v) is 3.23. The largest absolute Gasteiger partial charge is 0.478 e. The number of hydrogen-bond donors (Lipinski definition) is 4. The first kappa shape index (κ1) is 15.1. The normalized spacial score (nSPS) is 9.65. The Morgan fingerprint density at radius 1 is 1.35 bits per heavy atom. The van der Waals surface area contributed by atoms with Gasteiger partial charge in [-0.15, -0.1) is 0 Å². The van der Waals surface area contributed by atoms with Gasteiger partial charge in [0.05, 0.1) is 12.4 Å². The zero-order valence-corrected chi connectivity index (χ0v) is 9.42. The summed E-state index contributed by atoms with van der Waals surface area (Å²) in [6, 6.07) is 1.09. The summed E-state index contributed by atoms with van der Waals surface area (Å²) in [7, 11) is 0. The van der Waals surface area contributed by atoms with Crippen molar-refractivity contribution in [2.45, 2.75) is 25.9 Å². The zero-order chi connectivity index (χ0) is 13.4. The van der Waals surface area contributed by atoms with E-state index >= 15 is 0 Å². The predicted molar refractivity (Wildman–Crippen MR) is 59.7 cm³/mol. The Labute approximate surface area is 98.0 Å². The van der Waals surface area contributed by atoms with Crippen LogP contribution in [0.1, 0.15) is 40.7 Å². The third-order valence-electron chi connectivity index (χ3n) is 1.71. The number of aromatic carboxylic acids is 2. The van der Waals surface area contributed by atoms with E-state index in [0.717, 1.165) is 25.2 Å². The minimum absolute atomic E-state index is 0.102. The average molecular weight is 244 g/mol. The lowest BCUT2D eigenvalue weighted by molar-refractivity contribution is 0.0626. The summed E-state index contributed by atoms with van der Waals surface area (Å²) < 4.78 is 4.41. The van der Waals surface area contributed by atoms with Crippen molar-refractivity contribution in [1.82, 2.24) is 0 Å². The summed E-state index contributed by atoms with van der Waals surface area (Å²) in [5.74, 6) is -3.24. The minimum Gasteiger partial charge on any atom is -0.478 e. The van der Waals surface area contributed by atoms with Crippen LogP contribution in [0.5, 0.6) is 0 Å². The van der Waals surface area contributed by atoms with Gasteiger partial charge in [-0.25, -0.2) is 9.59 Å². The molecule has 0 amide bonds. The zero-order valence-electron chi connectivity index (χ0n) is 9.42. The van der Waals surface area contributed by atoms with Crippen molar-refractivity contribution < 1.29 is 24.2 Å². The van der Waals surface area contributed by atoms with Crippen LogP contribution in [-0.2, 0) is 0 Å². The first-order valence-corrected chi connectivity index (χ1v) is 4.95. The molecule has 0 spiro atoms. The molecule has 7 heteroatoms. The van der Waals surface area contributed by atoms with Crippen molar-refractivity contribution in [2.75, 3.05) is 0 Å². The smallest absolute Gasteiger partial charge is 0.372 e. The highest BCUT2D eigenvalue weighted by molar-refractivity contribution is 5.99. The maximum absolute atomic E-state index is 10.3. The Hall–Kier alpha value is -1.86. The van der Waals surface area contributed by atoms with Crippen LogP contribution in [0, 0.1) is 0 Å². The van der Waals surface area contributed by atoms with Crippen LogP contribution in [-0.4, -0.2) is 28.3 Å². The van der Waals surface area contributed by atoms with E-state index < -0.39 is 17.7 Å². The molecule has 1 rings (SSSR count). The molecule has 0 bridgehead atoms. The maximum Gasteiger partial charge on any atom is 0.372 e. The molecule has 0 aliphatic carbocycles. The van der Waals surface area contributed by atoms with E-state index in [4.69, 9.17) is 21.7 Å². The summed E-state index contributed by atoms with van der Waals surface area (Å²) in [5, 5.41) is 16.7. The SMILES string of the molecule is CCCC(N)N.O=C(O)c1ccoc1C(=O)O. The first-order chi connectivity index (χ1) is 7.90. The van der Waals surface area contributed by atoms with Gasteiger partial charge in [0.1, 0.15) is 5.56 Å². The molecular formula is C10H16N2O5. The van der Waals surface area contributed by atoms with E-state index in [9.17, 15) is 9.59 Å². The van der Waals surface area contributed by atoms with E-state index in [1.165, 1.54) is 0 Å². The number of carboxylic acids is 2. The van der Waals surface area contributed by atoms with Crippen LogP contribution < -0.4 is 11.5 Å². The molecule has 1 aromatic heterocycles. The van der Waals surface area contributed by atoms with E-state index in [2.05, 4.69) is 11.3 Å². The molecule has 7 nitrogen and oxygen atoms in total. The average Bonchev–Trinajstić information content (AvgIpc) is 2.66. The number of hydrogen-bond acceptors (Lipinski definition) is 5. The van der Waals surface area contributed by atoms with E-state index in [0.29, 0.717) is 0 Å². The number of furan rings is 1. The molecule has 17 heavy (non-hydrogen) atoms. The molecule has 0 fully saturated rings. The fourth-order valence-electron chi connectivity index (χ4n) is 0.977. The van der Waals surface area contributed by atoms with E-state index in [1.807, 2.05) is 0 Å². The third-order valence-corrected chi connectivity index (χ3v) is 1.71. The summed E-state index contributed by atoms with van der Waals surface area (Å²) >= 11 is 0. The molecule has 0 unspecified atom stereocenters. The lowest BCUT2D eigenvalue weighted by Gasteiger charge is -1.97. The summed E-state index contributed by atoms with van der Waals surface area (Å²) in [4.78, 5) is 20.5. The Kier molecular flexibility index (Phi) is 6.61. The fourth-order valence-corrected chi connectivity index (χ4v) is 0.977. The van der Waals surface area contributed by atoms with Crippen molar-refractivity contribution in [3.8, 4) is 0 Å². The van der Waals surface area contributed by atoms with Gasteiger partial charge in [0.2, 0.25) is 5.76 Å². The molecule has 0 atom stereocenters. The number of carboxylic acid groups (broad SMARTS) is 2. The number of nitrogens with two attached hydrogens (primary N) is 2. The van der Waals surface area contributed by atoms with E-state index in [-0.39, 0.29) is 11.7 Å². The second kappa shape index (κ2) is 7.42. The molecule has 0 saturated carbocycles. The van der Waals surface area contributed by atoms with Crippen molar-refractivity contribution in [3.05, 3.63) is 23.7 Å². The van der Waals surface area contributed by atoms with Gasteiger partial charge in [-0.1, -0.05) is 13.3 Å². The van der Waals surface area contributed by atoms with Gasteiger partial charge in [-0.05, 0) is 12.5 Å². The van der Waals surface area contributed by atoms with Crippen LogP contribution in [0.15, 0.2) is 16.7 Å². The van der Waals surface area contributed by atoms with Crippen molar-refractivity contribution in [3.63, 3.8) is 0 Å². The van der Waals surface area contributed by atoms with Crippen LogP contribution in [0.2, 0.25) is 0 Å². The second-order valence-electron chi connectivity index (χ2n) is 3.23. The van der Waals surface area contributed by atoms with Gasteiger partial charge < -0.3 is 26.1 Å². The molecule has 1 heterocycles. The molecule has 0 aliphatic rings. The molecule has 0 saturated heterocycles. The summed E-state index contributed by atoms with van der Waals surface area (Å²) in [5.41, 5.74) is 10.0. The third kappa shape index (κ3) is 5.69. The standard InChI is InChI=1S/C6H4O5.C4H12N2/c7-5(8)3-1-2-11-4(3)6(9)10;1-2-3-4(5)6/h1-2H,(H,7,8)(H,9,10);4H,2-3,5-6H2,1H3. The predicted octanol–water partition coefficient (Wildman–Crippen LogP) is 0.706. The highest BCUT2D eigenvalue weighted by Gasteiger charge is 2.18. The Morgan fingerprint density at radius 3 is 2.18 bits per heavy atom. The topological polar surface area (TPSA) is 140 Å². The molecule has 6 N–H and O–H groups in total. The minimum atomic E-state index is -1.38.